The highest BCUT2D eigenvalue weighted by Crippen LogP contribution is 2.47. The van der Waals surface area contributed by atoms with E-state index in [1.54, 1.807) is 0 Å². The molecule has 1 aromatic carbocycles. The average Bonchev–Trinajstić information content (AvgIpc) is 2.26. The van der Waals surface area contributed by atoms with Crippen molar-refractivity contribution in [2.75, 3.05) is 0 Å². The zero-order valence-corrected chi connectivity index (χ0v) is 9.86. The fraction of sp³-hybridized carbons (Fsp3) is 0.167. The minimum Gasteiger partial charge on any atom is -0.101 e. The first-order valence-corrected chi connectivity index (χ1v) is 6.52. The van der Waals surface area contributed by atoms with Gasteiger partial charge in [-0.15, -0.1) is 5.92 Å². The SMILES string of the molecule is C[C]=C(C#CC)P(Cl)c1ccccc1. The van der Waals surface area contributed by atoms with E-state index < -0.39 is 7.27 Å². The Kier molecular flexibility index (Phi) is 4.74. The van der Waals surface area contributed by atoms with Crippen LogP contribution in [0.25, 0.3) is 0 Å². The van der Waals surface area contributed by atoms with E-state index in [1.165, 1.54) is 0 Å². The maximum atomic E-state index is 6.31. The van der Waals surface area contributed by atoms with Crippen LogP contribution in [0.3, 0.4) is 0 Å². The fourth-order valence-electron chi connectivity index (χ4n) is 1.02. The Bertz CT molecular complexity index is 370. The zero-order valence-electron chi connectivity index (χ0n) is 8.21. The monoisotopic (exact) mass is 221 g/mol. The van der Waals surface area contributed by atoms with Crippen molar-refractivity contribution in [1.82, 2.24) is 0 Å². The first-order valence-electron chi connectivity index (χ1n) is 4.28. The van der Waals surface area contributed by atoms with Crippen LogP contribution in [-0.2, 0) is 0 Å². The van der Waals surface area contributed by atoms with Crippen molar-refractivity contribution < 1.29 is 0 Å². The third-order valence-corrected chi connectivity index (χ3v) is 4.23. The molecule has 1 radical (unpaired) electrons. The van der Waals surface area contributed by atoms with Crippen LogP contribution in [0, 0.1) is 17.9 Å². The molecule has 0 aliphatic rings. The molecule has 0 saturated carbocycles. The second-order valence-corrected chi connectivity index (χ2v) is 5.13. The van der Waals surface area contributed by atoms with Crippen molar-refractivity contribution in [2.24, 2.45) is 0 Å². The summed E-state index contributed by atoms with van der Waals surface area (Å²) in [5.74, 6) is 5.83. The summed E-state index contributed by atoms with van der Waals surface area (Å²) in [4.78, 5) is 0. The lowest BCUT2D eigenvalue weighted by Crippen LogP contribution is -1.96. The summed E-state index contributed by atoms with van der Waals surface area (Å²) in [6.07, 6.45) is 3.04. The minimum atomic E-state index is -0.841. The number of benzene rings is 1. The van der Waals surface area contributed by atoms with Gasteiger partial charge in [0.1, 0.15) is 0 Å². The van der Waals surface area contributed by atoms with Crippen LogP contribution in [-0.4, -0.2) is 0 Å². The van der Waals surface area contributed by atoms with Crippen molar-refractivity contribution in [1.29, 1.82) is 0 Å². The van der Waals surface area contributed by atoms with E-state index in [0.29, 0.717) is 0 Å². The van der Waals surface area contributed by atoms with E-state index in [2.05, 4.69) is 17.9 Å². The third kappa shape index (κ3) is 2.88. The van der Waals surface area contributed by atoms with Crippen molar-refractivity contribution in [3.05, 3.63) is 41.7 Å². The van der Waals surface area contributed by atoms with Crippen LogP contribution < -0.4 is 5.30 Å². The molecular weight excluding hydrogens is 211 g/mol. The van der Waals surface area contributed by atoms with Crippen LogP contribution in [0.15, 0.2) is 35.6 Å². The maximum Gasteiger partial charge on any atom is 0.0613 e. The van der Waals surface area contributed by atoms with Gasteiger partial charge in [0.2, 0.25) is 0 Å². The molecule has 0 nitrogen and oxygen atoms in total. The number of rotatable bonds is 2. The van der Waals surface area contributed by atoms with Gasteiger partial charge in [0.25, 0.3) is 0 Å². The molecule has 0 aromatic heterocycles. The molecule has 0 heterocycles. The molecule has 1 aromatic rings. The van der Waals surface area contributed by atoms with E-state index in [9.17, 15) is 0 Å². The van der Waals surface area contributed by atoms with Crippen molar-refractivity contribution >= 4 is 23.8 Å². The van der Waals surface area contributed by atoms with Gasteiger partial charge in [0, 0.05) is 5.31 Å². The van der Waals surface area contributed by atoms with Gasteiger partial charge < -0.3 is 0 Å². The molecule has 0 amide bonds. The Labute approximate surface area is 91.5 Å². The second kappa shape index (κ2) is 5.86. The third-order valence-electron chi connectivity index (χ3n) is 1.66. The van der Waals surface area contributed by atoms with E-state index in [1.807, 2.05) is 44.2 Å². The van der Waals surface area contributed by atoms with Crippen LogP contribution in [0.1, 0.15) is 13.8 Å². The summed E-state index contributed by atoms with van der Waals surface area (Å²) >= 11 is 6.31. The average molecular weight is 222 g/mol. The molecule has 1 rings (SSSR count). The van der Waals surface area contributed by atoms with E-state index in [4.69, 9.17) is 11.2 Å². The largest absolute Gasteiger partial charge is 0.101 e. The van der Waals surface area contributed by atoms with Crippen LogP contribution >= 0.6 is 18.5 Å². The Hall–Kier alpha value is -0.760. The highest BCUT2D eigenvalue weighted by molar-refractivity contribution is 7.93. The van der Waals surface area contributed by atoms with Gasteiger partial charge in [-0.2, -0.15) is 0 Å². The molecule has 14 heavy (non-hydrogen) atoms. The summed E-state index contributed by atoms with van der Waals surface area (Å²) in [6.45, 7) is 3.66. The molecule has 0 aliphatic carbocycles. The van der Waals surface area contributed by atoms with Gasteiger partial charge in [0.15, 0.2) is 0 Å². The first kappa shape index (κ1) is 11.3. The van der Waals surface area contributed by atoms with Gasteiger partial charge in [0.05, 0.1) is 7.27 Å². The molecule has 0 fully saturated rings. The number of halogens is 1. The predicted molar refractivity (Wildman–Crippen MR) is 64.7 cm³/mol. The lowest BCUT2D eigenvalue weighted by atomic mass is 10.4. The van der Waals surface area contributed by atoms with Crippen LogP contribution in [0.2, 0.25) is 0 Å². The first-order chi connectivity index (χ1) is 6.79. The summed E-state index contributed by atoms with van der Waals surface area (Å²) in [5.41, 5.74) is 0. The number of allylic oxidation sites excluding steroid dienone is 2. The Morgan fingerprint density at radius 2 is 1.86 bits per heavy atom. The normalized spacial score (nSPS) is 12.9. The number of hydrogen-bond donors (Lipinski definition) is 0. The molecule has 0 spiro atoms. The summed E-state index contributed by atoms with van der Waals surface area (Å²) in [7, 11) is -0.841. The highest BCUT2D eigenvalue weighted by Gasteiger charge is 2.10. The van der Waals surface area contributed by atoms with Gasteiger partial charge in [-0.1, -0.05) is 47.5 Å². The maximum absolute atomic E-state index is 6.31. The quantitative estimate of drug-likeness (QED) is 0.528. The predicted octanol–water partition coefficient (Wildman–Crippen LogP) is 3.68. The molecule has 0 N–H and O–H groups in total. The van der Waals surface area contributed by atoms with Crippen LogP contribution in [0.4, 0.5) is 0 Å². The molecule has 0 saturated heterocycles. The smallest absolute Gasteiger partial charge is 0.0613 e. The lowest BCUT2D eigenvalue weighted by molar-refractivity contribution is 1.64. The van der Waals surface area contributed by atoms with Crippen molar-refractivity contribution in [3.8, 4) is 11.8 Å². The number of hydrogen-bond acceptors (Lipinski definition) is 0. The molecular formula is C12H11ClP. The summed E-state index contributed by atoms with van der Waals surface area (Å²) in [6, 6.07) is 9.99. The summed E-state index contributed by atoms with van der Waals surface area (Å²) < 4.78 is 0. The molecule has 0 aliphatic heterocycles. The van der Waals surface area contributed by atoms with Crippen LogP contribution in [0.5, 0.6) is 0 Å². The highest BCUT2D eigenvalue weighted by atomic mass is 35.7. The lowest BCUT2D eigenvalue weighted by Gasteiger charge is -2.08. The standard InChI is InChI=1S/C12H11ClP/c1-3-8-11(4-2)14(13)12-9-6-5-7-10-12/h5-7,9-10H,1-2H3. The van der Waals surface area contributed by atoms with Gasteiger partial charge in [-0.05, 0) is 25.2 Å². The molecule has 2 heteroatoms. The van der Waals surface area contributed by atoms with Gasteiger partial charge in [-0.3, -0.25) is 0 Å². The van der Waals surface area contributed by atoms with E-state index >= 15 is 0 Å². The zero-order chi connectivity index (χ0) is 10.4. The molecule has 0 bridgehead atoms. The fourth-order valence-corrected chi connectivity index (χ4v) is 2.83. The van der Waals surface area contributed by atoms with Gasteiger partial charge >= 0.3 is 0 Å². The topological polar surface area (TPSA) is 0 Å². The van der Waals surface area contributed by atoms with Crippen molar-refractivity contribution in [3.63, 3.8) is 0 Å². The van der Waals surface area contributed by atoms with E-state index in [-0.39, 0.29) is 0 Å². The van der Waals surface area contributed by atoms with E-state index in [0.717, 1.165) is 10.6 Å². The molecule has 71 valence electrons. The summed E-state index contributed by atoms with van der Waals surface area (Å²) in [5, 5.41) is 2.02. The molecule has 1 atom stereocenters. The van der Waals surface area contributed by atoms with Gasteiger partial charge in [-0.25, -0.2) is 0 Å². The second-order valence-electron chi connectivity index (χ2n) is 2.59. The minimum absolute atomic E-state index is 0.841. The Morgan fingerprint density at radius 3 is 2.36 bits per heavy atom. The Morgan fingerprint density at radius 1 is 1.21 bits per heavy atom. The Balaban J connectivity index is 2.93. The van der Waals surface area contributed by atoms with Crippen molar-refractivity contribution in [2.45, 2.75) is 13.8 Å². The molecule has 1 unspecified atom stereocenters.